The van der Waals surface area contributed by atoms with Crippen LogP contribution in [-0.2, 0) is 19.1 Å². The Hall–Kier alpha value is -1.18. The van der Waals surface area contributed by atoms with Crippen LogP contribution in [0.15, 0.2) is 0 Å². The monoisotopic (exact) mass is 479 g/mol. The highest BCUT2D eigenvalue weighted by molar-refractivity contribution is 5.75. The number of hydrogen-bond donors (Lipinski definition) is 2. The number of rotatable bonds is 4. The van der Waals surface area contributed by atoms with Gasteiger partial charge in [-0.3, -0.25) is 15.4 Å². The van der Waals surface area contributed by atoms with Gasteiger partial charge in [-0.1, -0.05) is 6.92 Å². The van der Waals surface area contributed by atoms with Gasteiger partial charge in [-0.25, -0.2) is 5.01 Å². The van der Waals surface area contributed by atoms with Gasteiger partial charge in [-0.2, -0.15) is 0 Å². The lowest BCUT2D eigenvalue weighted by atomic mass is 9.74. The Kier molecular flexibility index (Phi) is 7.55. The minimum Gasteiger partial charge on any atom is -0.462 e. The van der Waals surface area contributed by atoms with Crippen molar-refractivity contribution in [2.75, 3.05) is 0 Å². The van der Waals surface area contributed by atoms with E-state index in [0.717, 1.165) is 25.7 Å². The molecule has 3 aliphatic rings. The summed E-state index contributed by atoms with van der Waals surface area (Å²) < 4.78 is 12.1. The fraction of sp³-hybridized carbons (Fsp3) is 0.926. The van der Waals surface area contributed by atoms with Crippen LogP contribution in [-0.4, -0.2) is 51.3 Å². The van der Waals surface area contributed by atoms with E-state index in [2.05, 4.69) is 67.6 Å². The third-order valence-electron chi connectivity index (χ3n) is 8.28. The highest BCUT2D eigenvalue weighted by atomic mass is 16.5. The molecule has 3 unspecified atom stereocenters. The van der Waals surface area contributed by atoms with E-state index >= 15 is 0 Å². The second kappa shape index (κ2) is 9.36. The standard InChI is InChI=1S/C27H49N3O4/c1-17-12-18(22(31)33-20-15-26(6,7)30(28)27(8,9)16-20)10-11-21(17)23(32)34-19-13-24(2,3)29-25(4,5)14-19/h17-21,29H,10-16,28H2,1-9H3. The van der Waals surface area contributed by atoms with Crippen molar-refractivity contribution in [1.82, 2.24) is 10.3 Å². The number of piperidine rings is 2. The van der Waals surface area contributed by atoms with Crippen LogP contribution >= 0.6 is 0 Å². The molecule has 3 rings (SSSR count). The van der Waals surface area contributed by atoms with Crippen molar-refractivity contribution in [1.29, 1.82) is 0 Å². The van der Waals surface area contributed by atoms with Crippen molar-refractivity contribution in [3.05, 3.63) is 0 Å². The van der Waals surface area contributed by atoms with Crippen LogP contribution in [0.3, 0.4) is 0 Å². The van der Waals surface area contributed by atoms with Crippen molar-refractivity contribution in [2.45, 2.75) is 142 Å². The van der Waals surface area contributed by atoms with Crippen LogP contribution in [0.5, 0.6) is 0 Å². The Morgan fingerprint density at radius 3 is 1.76 bits per heavy atom. The van der Waals surface area contributed by atoms with Crippen LogP contribution in [0.4, 0.5) is 0 Å². The van der Waals surface area contributed by atoms with Crippen molar-refractivity contribution in [2.24, 2.45) is 23.6 Å². The summed E-state index contributed by atoms with van der Waals surface area (Å²) in [6, 6.07) is 0. The molecule has 0 aromatic rings. The van der Waals surface area contributed by atoms with E-state index < -0.39 is 0 Å². The maximum absolute atomic E-state index is 13.1. The normalized spacial score (nSPS) is 33.8. The summed E-state index contributed by atoms with van der Waals surface area (Å²) in [6.07, 6.45) is 4.88. The summed E-state index contributed by atoms with van der Waals surface area (Å²) >= 11 is 0. The number of nitrogens with two attached hydrogens (primary N) is 1. The van der Waals surface area contributed by atoms with Gasteiger partial charge in [-0.15, -0.1) is 0 Å². The predicted octanol–water partition coefficient (Wildman–Crippen LogP) is 4.33. The molecule has 34 heavy (non-hydrogen) atoms. The average Bonchev–Trinajstić information content (AvgIpc) is 2.62. The molecule has 7 heteroatoms. The maximum atomic E-state index is 13.1. The molecule has 0 amide bonds. The molecule has 2 aliphatic heterocycles. The zero-order valence-corrected chi connectivity index (χ0v) is 23.0. The number of nitrogens with one attached hydrogen (secondary N) is 1. The summed E-state index contributed by atoms with van der Waals surface area (Å²) in [7, 11) is 0. The molecular formula is C27H49N3O4. The minimum atomic E-state index is -0.237. The van der Waals surface area contributed by atoms with Crippen molar-refractivity contribution in [3.63, 3.8) is 0 Å². The molecule has 0 bridgehead atoms. The molecule has 3 fully saturated rings. The number of carbonyl (C=O) groups excluding carboxylic acids is 2. The molecule has 3 atom stereocenters. The first-order chi connectivity index (χ1) is 15.4. The molecule has 3 N–H and O–H groups in total. The van der Waals surface area contributed by atoms with Crippen LogP contribution in [0.1, 0.15) is 107 Å². The SMILES string of the molecule is CC1CC(C(=O)OC2CC(C)(C)N(N)C(C)(C)C2)CCC1C(=O)OC1CC(C)(C)NC(C)(C)C1. The molecule has 0 radical (unpaired) electrons. The van der Waals surface area contributed by atoms with E-state index in [1.807, 2.05) is 5.01 Å². The summed E-state index contributed by atoms with van der Waals surface area (Å²) in [5, 5.41) is 5.53. The number of ether oxygens (including phenoxy) is 2. The highest BCUT2D eigenvalue weighted by Crippen LogP contribution is 2.40. The van der Waals surface area contributed by atoms with Gasteiger partial charge in [0.1, 0.15) is 12.2 Å². The number of esters is 2. The van der Waals surface area contributed by atoms with Crippen molar-refractivity contribution < 1.29 is 19.1 Å². The Labute approximate surface area is 206 Å². The number of carbonyl (C=O) groups is 2. The Morgan fingerprint density at radius 2 is 1.26 bits per heavy atom. The van der Waals surface area contributed by atoms with E-state index in [1.54, 1.807) is 0 Å². The van der Waals surface area contributed by atoms with E-state index in [1.165, 1.54) is 0 Å². The van der Waals surface area contributed by atoms with Crippen molar-refractivity contribution >= 4 is 11.9 Å². The summed E-state index contributed by atoms with van der Waals surface area (Å²) in [6.45, 7) is 19.1. The lowest BCUT2D eigenvalue weighted by molar-refractivity contribution is -0.171. The quantitative estimate of drug-likeness (QED) is 0.458. The molecule has 0 aromatic heterocycles. The van der Waals surface area contributed by atoms with Gasteiger partial charge < -0.3 is 14.8 Å². The first-order valence-electron chi connectivity index (χ1n) is 13.2. The van der Waals surface area contributed by atoms with E-state index in [4.69, 9.17) is 15.3 Å². The first-order valence-corrected chi connectivity index (χ1v) is 13.2. The fourth-order valence-corrected chi connectivity index (χ4v) is 7.07. The first kappa shape index (κ1) is 27.4. The van der Waals surface area contributed by atoms with Gasteiger partial charge in [0.15, 0.2) is 0 Å². The van der Waals surface area contributed by atoms with Crippen LogP contribution in [0.25, 0.3) is 0 Å². The average molecular weight is 480 g/mol. The van der Waals surface area contributed by atoms with Gasteiger partial charge in [0.25, 0.3) is 0 Å². The molecule has 196 valence electrons. The molecule has 0 aromatic carbocycles. The molecular weight excluding hydrogens is 430 g/mol. The highest BCUT2D eigenvalue weighted by Gasteiger charge is 2.46. The third-order valence-corrected chi connectivity index (χ3v) is 8.28. The van der Waals surface area contributed by atoms with Gasteiger partial charge >= 0.3 is 11.9 Å². The van der Waals surface area contributed by atoms with Gasteiger partial charge in [0.05, 0.1) is 11.8 Å². The number of hydrogen-bond acceptors (Lipinski definition) is 7. The maximum Gasteiger partial charge on any atom is 0.309 e. The van der Waals surface area contributed by atoms with Gasteiger partial charge in [0.2, 0.25) is 0 Å². The molecule has 2 heterocycles. The van der Waals surface area contributed by atoms with Crippen LogP contribution in [0.2, 0.25) is 0 Å². The topological polar surface area (TPSA) is 93.9 Å². The zero-order chi connectivity index (χ0) is 25.7. The predicted molar refractivity (Wildman–Crippen MR) is 134 cm³/mol. The Morgan fingerprint density at radius 1 is 0.794 bits per heavy atom. The lowest BCUT2D eigenvalue weighted by Gasteiger charge is -2.52. The third kappa shape index (κ3) is 6.33. The van der Waals surface area contributed by atoms with Crippen LogP contribution in [0, 0.1) is 17.8 Å². The zero-order valence-electron chi connectivity index (χ0n) is 23.0. The van der Waals surface area contributed by atoms with E-state index in [9.17, 15) is 9.59 Å². The molecule has 1 saturated carbocycles. The molecule has 7 nitrogen and oxygen atoms in total. The molecule has 2 saturated heterocycles. The second-order valence-corrected chi connectivity index (χ2v) is 13.9. The summed E-state index contributed by atoms with van der Waals surface area (Å²) in [5.74, 6) is 5.90. The van der Waals surface area contributed by atoms with Crippen molar-refractivity contribution in [3.8, 4) is 0 Å². The number of nitrogens with zero attached hydrogens (tertiary/aromatic N) is 1. The van der Waals surface area contributed by atoms with E-state index in [-0.39, 0.29) is 64.1 Å². The van der Waals surface area contributed by atoms with Crippen LogP contribution < -0.4 is 11.2 Å². The van der Waals surface area contributed by atoms with E-state index in [0.29, 0.717) is 19.3 Å². The Bertz CT molecular complexity index is 742. The smallest absolute Gasteiger partial charge is 0.309 e. The molecule has 1 aliphatic carbocycles. The van der Waals surface area contributed by atoms with Gasteiger partial charge in [-0.05, 0) is 80.6 Å². The largest absolute Gasteiger partial charge is 0.462 e. The fourth-order valence-electron chi connectivity index (χ4n) is 7.07. The summed E-state index contributed by atoms with van der Waals surface area (Å²) in [4.78, 5) is 26.2. The second-order valence-electron chi connectivity index (χ2n) is 13.9. The molecule has 0 spiro atoms. The number of hydrazine groups is 1. The Balaban J connectivity index is 1.54. The van der Waals surface area contributed by atoms with Gasteiger partial charge in [0, 0.05) is 47.8 Å². The summed E-state index contributed by atoms with van der Waals surface area (Å²) in [5.41, 5.74) is -0.607. The lowest BCUT2D eigenvalue weighted by Crippen LogP contribution is -2.65. The minimum absolute atomic E-state index is 0.0666.